The van der Waals surface area contributed by atoms with Crippen molar-refractivity contribution in [2.75, 3.05) is 7.11 Å². The maximum absolute atomic E-state index is 11.2. The van der Waals surface area contributed by atoms with Gasteiger partial charge in [0.25, 0.3) is 0 Å². The normalized spacial score (nSPS) is 9.21. The summed E-state index contributed by atoms with van der Waals surface area (Å²) in [6, 6.07) is 7.01. The third-order valence-corrected chi connectivity index (χ3v) is 2.41. The second-order valence-corrected chi connectivity index (χ2v) is 3.18. The van der Waals surface area contributed by atoms with E-state index in [1.54, 1.807) is 18.2 Å². The molecule has 72 valence electrons. The molecule has 0 unspecified atom stereocenters. The van der Waals surface area contributed by atoms with E-state index < -0.39 is 5.97 Å². The van der Waals surface area contributed by atoms with Gasteiger partial charge in [-0.25, -0.2) is 4.79 Å². The molecule has 0 aromatic heterocycles. The van der Waals surface area contributed by atoms with Gasteiger partial charge in [-0.05, 0) is 17.7 Å². The van der Waals surface area contributed by atoms with Crippen LogP contribution in [0, 0.1) is 11.3 Å². The van der Waals surface area contributed by atoms with Crippen LogP contribution in [0.1, 0.15) is 21.5 Å². The molecule has 14 heavy (non-hydrogen) atoms. The first-order valence-corrected chi connectivity index (χ1v) is 5.02. The first-order chi connectivity index (χ1) is 6.72. The van der Waals surface area contributed by atoms with Crippen molar-refractivity contribution in [2.45, 2.75) is 5.33 Å². The third kappa shape index (κ3) is 2.12. The maximum Gasteiger partial charge on any atom is 0.339 e. The van der Waals surface area contributed by atoms with Gasteiger partial charge in [0.05, 0.1) is 18.2 Å². The van der Waals surface area contributed by atoms with Gasteiger partial charge < -0.3 is 4.74 Å². The van der Waals surface area contributed by atoms with Crippen LogP contribution in [0.2, 0.25) is 0 Å². The fourth-order valence-electron chi connectivity index (χ4n) is 1.05. The molecule has 0 aliphatic heterocycles. The van der Waals surface area contributed by atoms with E-state index >= 15 is 0 Å². The Kier molecular flexibility index (Phi) is 3.66. The number of hydrogen-bond donors (Lipinski definition) is 0. The lowest BCUT2D eigenvalue weighted by molar-refractivity contribution is 0.0600. The molecule has 1 aromatic rings. The Morgan fingerprint density at radius 3 is 2.86 bits per heavy atom. The summed E-state index contributed by atoms with van der Waals surface area (Å²) in [5.41, 5.74) is 1.60. The van der Waals surface area contributed by atoms with E-state index in [2.05, 4.69) is 20.7 Å². The van der Waals surface area contributed by atoms with Gasteiger partial charge in [-0.3, -0.25) is 0 Å². The van der Waals surface area contributed by atoms with Gasteiger partial charge in [-0.2, -0.15) is 5.26 Å². The Morgan fingerprint density at radius 1 is 1.64 bits per heavy atom. The minimum absolute atomic E-state index is 0.305. The molecular formula is C10H8BrNO2. The van der Waals surface area contributed by atoms with E-state index in [9.17, 15) is 4.79 Å². The fraction of sp³-hybridized carbons (Fsp3) is 0.200. The number of nitrogens with zero attached hydrogens (tertiary/aromatic N) is 1. The monoisotopic (exact) mass is 253 g/mol. The Morgan fingerprint density at radius 2 is 2.36 bits per heavy atom. The van der Waals surface area contributed by atoms with Crippen molar-refractivity contribution in [1.82, 2.24) is 0 Å². The average molecular weight is 254 g/mol. The number of benzene rings is 1. The fourth-order valence-corrected chi connectivity index (χ4v) is 1.40. The molecule has 0 atom stereocenters. The van der Waals surface area contributed by atoms with Crippen LogP contribution in [0.3, 0.4) is 0 Å². The van der Waals surface area contributed by atoms with Gasteiger partial charge in [-0.1, -0.05) is 22.0 Å². The Balaban J connectivity index is 3.20. The number of carbonyl (C=O) groups is 1. The highest BCUT2D eigenvalue weighted by molar-refractivity contribution is 9.08. The standard InChI is InChI=1S/C10H8BrNO2/c1-14-10(13)9-3-2-7(5-11)4-8(9)6-12/h2-4H,5H2,1H3. The Bertz CT molecular complexity index is 396. The lowest BCUT2D eigenvalue weighted by atomic mass is 10.1. The molecule has 0 N–H and O–H groups in total. The number of esters is 1. The quantitative estimate of drug-likeness (QED) is 0.600. The molecule has 0 saturated heterocycles. The number of halogens is 1. The van der Waals surface area contributed by atoms with Crippen LogP contribution in [-0.2, 0) is 10.1 Å². The Labute approximate surface area is 90.4 Å². The summed E-state index contributed by atoms with van der Waals surface area (Å²) in [5, 5.41) is 9.47. The van der Waals surface area contributed by atoms with Crippen LogP contribution < -0.4 is 0 Å². The summed E-state index contributed by atoms with van der Waals surface area (Å²) in [4.78, 5) is 11.2. The summed E-state index contributed by atoms with van der Waals surface area (Å²) in [5.74, 6) is -0.484. The molecule has 1 rings (SSSR count). The zero-order chi connectivity index (χ0) is 10.6. The van der Waals surface area contributed by atoms with Crippen LogP contribution in [0.25, 0.3) is 0 Å². The molecule has 1 aromatic carbocycles. The summed E-state index contributed by atoms with van der Waals surface area (Å²) in [7, 11) is 1.29. The van der Waals surface area contributed by atoms with Crippen LogP contribution in [0.5, 0.6) is 0 Å². The van der Waals surface area contributed by atoms with Gasteiger partial charge in [0.1, 0.15) is 6.07 Å². The second kappa shape index (κ2) is 4.77. The first-order valence-electron chi connectivity index (χ1n) is 3.90. The van der Waals surface area contributed by atoms with Crippen molar-refractivity contribution in [3.63, 3.8) is 0 Å². The van der Waals surface area contributed by atoms with Gasteiger partial charge in [0.2, 0.25) is 0 Å². The van der Waals surface area contributed by atoms with Gasteiger partial charge in [0, 0.05) is 5.33 Å². The van der Waals surface area contributed by atoms with E-state index in [-0.39, 0.29) is 0 Å². The molecule has 0 bridgehead atoms. The zero-order valence-corrected chi connectivity index (χ0v) is 9.17. The molecule has 0 fully saturated rings. The smallest absolute Gasteiger partial charge is 0.339 e. The third-order valence-electron chi connectivity index (χ3n) is 1.76. The second-order valence-electron chi connectivity index (χ2n) is 2.62. The van der Waals surface area contributed by atoms with Gasteiger partial charge in [0.15, 0.2) is 0 Å². The van der Waals surface area contributed by atoms with E-state index in [1.807, 2.05) is 6.07 Å². The zero-order valence-electron chi connectivity index (χ0n) is 7.58. The number of ether oxygens (including phenoxy) is 1. The highest BCUT2D eigenvalue weighted by Gasteiger charge is 2.11. The van der Waals surface area contributed by atoms with E-state index in [1.165, 1.54) is 7.11 Å². The van der Waals surface area contributed by atoms with Crippen LogP contribution >= 0.6 is 15.9 Å². The Hall–Kier alpha value is -1.34. The molecule has 0 aliphatic rings. The molecule has 0 radical (unpaired) electrons. The van der Waals surface area contributed by atoms with E-state index in [0.29, 0.717) is 16.5 Å². The largest absolute Gasteiger partial charge is 0.465 e. The number of alkyl halides is 1. The molecule has 3 nitrogen and oxygen atoms in total. The summed E-state index contributed by atoms with van der Waals surface area (Å²) < 4.78 is 4.55. The van der Waals surface area contributed by atoms with E-state index in [0.717, 1.165) is 5.56 Å². The van der Waals surface area contributed by atoms with Gasteiger partial charge in [-0.15, -0.1) is 0 Å². The average Bonchev–Trinajstić information content (AvgIpc) is 2.27. The predicted molar refractivity (Wildman–Crippen MR) is 55.1 cm³/mol. The first kappa shape index (κ1) is 10.7. The molecule has 0 aliphatic carbocycles. The lowest BCUT2D eigenvalue weighted by Gasteiger charge is -2.02. The summed E-state index contributed by atoms with van der Waals surface area (Å²) >= 11 is 3.27. The summed E-state index contributed by atoms with van der Waals surface area (Å²) in [6.45, 7) is 0. The highest BCUT2D eigenvalue weighted by atomic mass is 79.9. The highest BCUT2D eigenvalue weighted by Crippen LogP contribution is 2.14. The molecule has 0 saturated carbocycles. The number of methoxy groups -OCH3 is 1. The van der Waals surface area contributed by atoms with Crippen molar-refractivity contribution in [3.8, 4) is 6.07 Å². The van der Waals surface area contributed by atoms with Crippen molar-refractivity contribution < 1.29 is 9.53 Å². The number of rotatable bonds is 2. The maximum atomic E-state index is 11.2. The number of nitriles is 1. The summed E-state index contributed by atoms with van der Waals surface area (Å²) in [6.07, 6.45) is 0. The van der Waals surface area contributed by atoms with E-state index in [4.69, 9.17) is 5.26 Å². The molecule has 0 amide bonds. The predicted octanol–water partition coefficient (Wildman–Crippen LogP) is 2.24. The SMILES string of the molecule is COC(=O)c1ccc(CBr)cc1C#N. The van der Waals surface area contributed by atoms with Crippen molar-refractivity contribution in [2.24, 2.45) is 0 Å². The molecular weight excluding hydrogens is 246 g/mol. The lowest BCUT2D eigenvalue weighted by Crippen LogP contribution is -2.04. The van der Waals surface area contributed by atoms with Crippen molar-refractivity contribution >= 4 is 21.9 Å². The molecule has 4 heteroatoms. The molecule has 0 heterocycles. The van der Waals surface area contributed by atoms with Crippen molar-refractivity contribution in [3.05, 3.63) is 34.9 Å². The number of hydrogen-bond acceptors (Lipinski definition) is 3. The van der Waals surface area contributed by atoms with Crippen LogP contribution in [0.15, 0.2) is 18.2 Å². The van der Waals surface area contributed by atoms with Gasteiger partial charge >= 0.3 is 5.97 Å². The molecule has 0 spiro atoms. The minimum Gasteiger partial charge on any atom is -0.465 e. The minimum atomic E-state index is -0.484. The van der Waals surface area contributed by atoms with Crippen molar-refractivity contribution in [1.29, 1.82) is 5.26 Å². The van der Waals surface area contributed by atoms with Crippen LogP contribution in [-0.4, -0.2) is 13.1 Å². The van der Waals surface area contributed by atoms with Crippen LogP contribution in [0.4, 0.5) is 0 Å². The topological polar surface area (TPSA) is 50.1 Å². The number of carbonyl (C=O) groups excluding carboxylic acids is 1.